The zero-order valence-corrected chi connectivity index (χ0v) is 18.3. The van der Waals surface area contributed by atoms with Crippen LogP contribution in [0.15, 0.2) is 41.2 Å². The molecule has 2 aromatic carbocycles. The predicted octanol–water partition coefficient (Wildman–Crippen LogP) is 3.23. The molecule has 0 bridgehead atoms. The van der Waals surface area contributed by atoms with Crippen LogP contribution in [-0.2, 0) is 6.42 Å². The Hall–Kier alpha value is -4.59. The number of hydrogen-bond acceptors (Lipinski definition) is 8. The molecule has 34 heavy (non-hydrogen) atoms. The van der Waals surface area contributed by atoms with Crippen LogP contribution in [0.4, 0.5) is 26.4 Å². The highest BCUT2D eigenvalue weighted by atomic mass is 19.1. The number of halogens is 2. The minimum atomic E-state index is -0.848. The van der Waals surface area contributed by atoms with E-state index in [0.29, 0.717) is 23.4 Å². The summed E-state index contributed by atoms with van der Waals surface area (Å²) in [4.78, 5) is 26.1. The van der Waals surface area contributed by atoms with Crippen LogP contribution in [0.1, 0.15) is 36.8 Å². The van der Waals surface area contributed by atoms with Crippen molar-refractivity contribution in [1.82, 2.24) is 19.5 Å². The Morgan fingerprint density at radius 3 is 2.50 bits per heavy atom. The van der Waals surface area contributed by atoms with Crippen molar-refractivity contribution < 1.29 is 8.78 Å². The summed E-state index contributed by atoms with van der Waals surface area (Å²) in [5, 5.41) is 12.8. The standard InChI is InChI=1S/C23H20F2N8O/c1-3-12-5-4-6-16-18(12)30-21(33(22(16)34)15-8-13(24)7-14(25)9-15)11(2)29-20-17(10-26)19(27)31-23(28)32-20/h4-9,11H,3H2,1-2H3,(H5,27,28,29,31,32). The van der Waals surface area contributed by atoms with Gasteiger partial charge < -0.3 is 16.8 Å². The lowest BCUT2D eigenvalue weighted by atomic mass is 10.1. The first-order chi connectivity index (χ1) is 16.2. The van der Waals surface area contributed by atoms with Crippen molar-refractivity contribution >= 4 is 28.5 Å². The van der Waals surface area contributed by atoms with Crippen molar-refractivity contribution in [1.29, 1.82) is 5.26 Å². The zero-order valence-electron chi connectivity index (χ0n) is 18.3. The molecule has 0 aliphatic rings. The fourth-order valence-corrected chi connectivity index (χ4v) is 3.76. The summed E-state index contributed by atoms with van der Waals surface area (Å²) >= 11 is 0. The molecule has 0 saturated carbocycles. The van der Waals surface area contributed by atoms with E-state index in [9.17, 15) is 18.8 Å². The molecule has 1 atom stereocenters. The Balaban J connectivity index is 1.99. The number of rotatable bonds is 5. The van der Waals surface area contributed by atoms with Gasteiger partial charge in [-0.3, -0.25) is 9.36 Å². The number of anilines is 3. The summed E-state index contributed by atoms with van der Waals surface area (Å²) in [6.45, 7) is 3.58. The topological polar surface area (TPSA) is 149 Å². The Labute approximate surface area is 192 Å². The van der Waals surface area contributed by atoms with Gasteiger partial charge >= 0.3 is 0 Å². The van der Waals surface area contributed by atoms with Crippen molar-refractivity contribution in [3.63, 3.8) is 0 Å². The van der Waals surface area contributed by atoms with E-state index in [0.717, 1.165) is 22.3 Å². The summed E-state index contributed by atoms with van der Waals surface area (Å²) in [7, 11) is 0. The van der Waals surface area contributed by atoms with Crippen LogP contribution in [0.3, 0.4) is 0 Å². The maximum Gasteiger partial charge on any atom is 0.266 e. The first-order valence-corrected chi connectivity index (χ1v) is 10.3. The molecule has 0 aliphatic heterocycles. The lowest BCUT2D eigenvalue weighted by molar-refractivity contribution is 0.579. The number of nitrogens with one attached hydrogen (secondary N) is 1. The van der Waals surface area contributed by atoms with Gasteiger partial charge in [-0.05, 0) is 37.1 Å². The number of nitrogens with zero attached hydrogens (tertiary/aromatic N) is 5. The Bertz CT molecular complexity index is 1510. The van der Waals surface area contributed by atoms with Crippen LogP contribution in [0.2, 0.25) is 0 Å². The number of nitrogens with two attached hydrogens (primary N) is 2. The molecule has 0 amide bonds. The molecule has 2 heterocycles. The summed E-state index contributed by atoms with van der Waals surface area (Å²) in [5.74, 6) is -1.79. The number of hydrogen-bond donors (Lipinski definition) is 3. The lowest BCUT2D eigenvalue weighted by Gasteiger charge is -2.21. The average molecular weight is 462 g/mol. The van der Waals surface area contributed by atoms with Gasteiger partial charge in [0.1, 0.15) is 34.9 Å². The van der Waals surface area contributed by atoms with E-state index in [4.69, 9.17) is 16.5 Å². The first kappa shape index (κ1) is 22.6. The van der Waals surface area contributed by atoms with Gasteiger partial charge in [0.2, 0.25) is 5.95 Å². The number of fused-ring (bicyclic) bond motifs is 1. The minimum Gasteiger partial charge on any atom is -0.382 e. The van der Waals surface area contributed by atoms with Crippen molar-refractivity contribution in [2.24, 2.45) is 0 Å². The van der Waals surface area contributed by atoms with Crippen LogP contribution >= 0.6 is 0 Å². The van der Waals surface area contributed by atoms with Crippen LogP contribution in [0.5, 0.6) is 0 Å². The first-order valence-electron chi connectivity index (χ1n) is 10.3. The largest absolute Gasteiger partial charge is 0.382 e. The van der Waals surface area contributed by atoms with Crippen molar-refractivity contribution in [3.8, 4) is 11.8 Å². The Morgan fingerprint density at radius 1 is 1.15 bits per heavy atom. The van der Waals surface area contributed by atoms with E-state index in [1.807, 2.05) is 19.1 Å². The molecule has 11 heteroatoms. The van der Waals surface area contributed by atoms with Gasteiger partial charge in [0.05, 0.1) is 22.6 Å². The van der Waals surface area contributed by atoms with E-state index in [-0.39, 0.29) is 34.7 Å². The minimum absolute atomic E-state index is 0.0371. The number of para-hydroxylation sites is 1. The molecule has 172 valence electrons. The number of benzene rings is 2. The van der Waals surface area contributed by atoms with Crippen molar-refractivity contribution in [2.75, 3.05) is 16.8 Å². The summed E-state index contributed by atoms with van der Waals surface area (Å²) in [6, 6.07) is 9.13. The molecule has 0 spiro atoms. The zero-order chi connectivity index (χ0) is 24.6. The quantitative estimate of drug-likeness (QED) is 0.409. The molecule has 9 nitrogen and oxygen atoms in total. The fraction of sp³-hybridized carbons (Fsp3) is 0.174. The third-order valence-electron chi connectivity index (χ3n) is 5.30. The maximum absolute atomic E-state index is 14.1. The highest BCUT2D eigenvalue weighted by molar-refractivity contribution is 5.81. The molecule has 0 saturated heterocycles. The summed E-state index contributed by atoms with van der Waals surface area (Å²) < 4.78 is 29.3. The molecular weight excluding hydrogens is 442 g/mol. The molecule has 4 aromatic rings. The third-order valence-corrected chi connectivity index (χ3v) is 5.30. The number of nitriles is 1. The molecule has 0 radical (unpaired) electrons. The predicted molar refractivity (Wildman–Crippen MR) is 124 cm³/mol. The third kappa shape index (κ3) is 3.97. The van der Waals surface area contributed by atoms with E-state index < -0.39 is 23.2 Å². The SMILES string of the molecule is CCc1cccc2c(=O)n(-c3cc(F)cc(F)c3)c(C(C)Nc3nc(N)nc(N)c3C#N)nc12. The van der Waals surface area contributed by atoms with Gasteiger partial charge in [0, 0.05) is 6.07 Å². The highest BCUT2D eigenvalue weighted by Crippen LogP contribution is 2.26. The Morgan fingerprint density at radius 2 is 1.85 bits per heavy atom. The lowest BCUT2D eigenvalue weighted by Crippen LogP contribution is -2.28. The van der Waals surface area contributed by atoms with Gasteiger partial charge in [0.15, 0.2) is 5.82 Å². The molecule has 4 rings (SSSR count). The van der Waals surface area contributed by atoms with Crippen molar-refractivity contribution in [3.05, 3.63) is 75.3 Å². The molecule has 2 aromatic heterocycles. The van der Waals surface area contributed by atoms with Gasteiger partial charge in [0.25, 0.3) is 5.56 Å². The average Bonchev–Trinajstić information content (AvgIpc) is 2.77. The van der Waals surface area contributed by atoms with E-state index in [2.05, 4.69) is 15.3 Å². The highest BCUT2D eigenvalue weighted by Gasteiger charge is 2.22. The fourth-order valence-electron chi connectivity index (χ4n) is 3.76. The van der Waals surface area contributed by atoms with Crippen LogP contribution < -0.4 is 22.3 Å². The number of nitrogen functional groups attached to an aromatic ring is 2. The molecule has 0 fully saturated rings. The second-order valence-corrected chi connectivity index (χ2v) is 7.57. The maximum atomic E-state index is 14.1. The normalized spacial score (nSPS) is 11.9. The molecule has 0 aliphatic carbocycles. The summed E-state index contributed by atoms with van der Waals surface area (Å²) in [5.41, 5.74) is 12.2. The monoisotopic (exact) mass is 462 g/mol. The summed E-state index contributed by atoms with van der Waals surface area (Å²) in [6.07, 6.45) is 0.612. The van der Waals surface area contributed by atoms with Gasteiger partial charge in [-0.1, -0.05) is 19.1 Å². The number of aryl methyl sites for hydroxylation is 1. The molecule has 1 unspecified atom stereocenters. The van der Waals surface area contributed by atoms with Gasteiger partial charge in [-0.2, -0.15) is 15.2 Å². The van der Waals surface area contributed by atoms with Gasteiger partial charge in [-0.25, -0.2) is 13.8 Å². The number of aromatic nitrogens is 4. The Kier molecular flexibility index (Phi) is 5.81. The van der Waals surface area contributed by atoms with Crippen LogP contribution in [0, 0.1) is 23.0 Å². The molecule has 5 N–H and O–H groups in total. The van der Waals surface area contributed by atoms with E-state index in [1.54, 1.807) is 19.1 Å². The second kappa shape index (κ2) is 8.74. The van der Waals surface area contributed by atoms with Gasteiger partial charge in [-0.15, -0.1) is 0 Å². The van der Waals surface area contributed by atoms with E-state index >= 15 is 0 Å². The van der Waals surface area contributed by atoms with E-state index in [1.165, 1.54) is 0 Å². The smallest absolute Gasteiger partial charge is 0.266 e. The van der Waals surface area contributed by atoms with Crippen LogP contribution in [0.25, 0.3) is 16.6 Å². The second-order valence-electron chi connectivity index (χ2n) is 7.57. The van der Waals surface area contributed by atoms with Crippen molar-refractivity contribution in [2.45, 2.75) is 26.3 Å². The molecular formula is C23H20F2N8O. The van der Waals surface area contributed by atoms with Crippen LogP contribution in [-0.4, -0.2) is 19.5 Å².